The second kappa shape index (κ2) is 6.90. The number of sulfonamides is 1. The van der Waals surface area contributed by atoms with Gasteiger partial charge in [-0.05, 0) is 31.8 Å². The molecule has 1 aromatic carbocycles. The van der Waals surface area contributed by atoms with Gasteiger partial charge in [0.2, 0.25) is 10.0 Å². The summed E-state index contributed by atoms with van der Waals surface area (Å²) in [5.74, 6) is 0.260. The van der Waals surface area contributed by atoms with Gasteiger partial charge in [-0.25, -0.2) is 8.42 Å². The zero-order valence-corrected chi connectivity index (χ0v) is 13.6. The molecular formula is C12H18Cl2N2O2S. The van der Waals surface area contributed by atoms with E-state index < -0.39 is 10.0 Å². The van der Waals surface area contributed by atoms with Crippen LogP contribution >= 0.6 is 23.2 Å². The highest BCUT2D eigenvalue weighted by Crippen LogP contribution is 2.23. The quantitative estimate of drug-likeness (QED) is 0.754. The van der Waals surface area contributed by atoms with Crippen molar-refractivity contribution >= 4 is 33.2 Å². The van der Waals surface area contributed by atoms with Crippen molar-refractivity contribution in [3.8, 4) is 0 Å². The first-order chi connectivity index (χ1) is 8.78. The Bertz CT molecular complexity index is 533. The summed E-state index contributed by atoms with van der Waals surface area (Å²) < 4.78 is 25.9. The summed E-state index contributed by atoms with van der Waals surface area (Å²) in [4.78, 5) is 2.11. The van der Waals surface area contributed by atoms with Gasteiger partial charge in [0.15, 0.2) is 0 Å². The maximum Gasteiger partial charge on any atom is 0.242 e. The summed E-state index contributed by atoms with van der Waals surface area (Å²) in [6.45, 7) is 1.08. The number of alkyl halides is 1. The molecule has 0 radical (unpaired) electrons. The van der Waals surface area contributed by atoms with E-state index in [4.69, 9.17) is 23.2 Å². The van der Waals surface area contributed by atoms with Crippen molar-refractivity contribution in [2.75, 3.05) is 34.2 Å². The molecule has 0 heterocycles. The van der Waals surface area contributed by atoms with E-state index in [1.165, 1.54) is 16.4 Å². The molecule has 0 atom stereocenters. The predicted molar refractivity (Wildman–Crippen MR) is 79.4 cm³/mol. The Labute approximate surface area is 125 Å². The van der Waals surface area contributed by atoms with Crippen LogP contribution in [-0.2, 0) is 15.9 Å². The summed E-state index contributed by atoms with van der Waals surface area (Å²) in [5, 5.41) is 0.372. The zero-order valence-electron chi connectivity index (χ0n) is 11.2. The van der Waals surface area contributed by atoms with Crippen LogP contribution < -0.4 is 0 Å². The maximum absolute atomic E-state index is 12.3. The Balaban J connectivity index is 2.96. The number of hydrogen-bond acceptors (Lipinski definition) is 3. The Morgan fingerprint density at radius 3 is 2.26 bits per heavy atom. The third kappa shape index (κ3) is 4.33. The molecule has 0 aliphatic heterocycles. The standard InChI is InChI=1S/C12H18Cl2N2O2S/c1-15(2)6-7-16(3)19(17,18)11-5-4-10(9-13)12(14)8-11/h4-5,8H,6-7,9H2,1-3H3. The second-order valence-corrected chi connectivity index (χ2v) is 7.24. The minimum atomic E-state index is -3.50. The van der Waals surface area contributed by atoms with Crippen molar-refractivity contribution in [2.45, 2.75) is 10.8 Å². The fourth-order valence-electron chi connectivity index (χ4n) is 1.44. The van der Waals surface area contributed by atoms with Gasteiger partial charge in [-0.15, -0.1) is 11.6 Å². The van der Waals surface area contributed by atoms with Crippen molar-refractivity contribution in [2.24, 2.45) is 0 Å². The lowest BCUT2D eigenvalue weighted by molar-refractivity contribution is 0.358. The number of rotatable bonds is 6. The summed E-state index contributed by atoms with van der Waals surface area (Å²) in [6.07, 6.45) is 0. The Kier molecular flexibility index (Phi) is 6.08. The molecule has 0 aliphatic rings. The second-order valence-electron chi connectivity index (χ2n) is 4.52. The van der Waals surface area contributed by atoms with Crippen LogP contribution in [0.25, 0.3) is 0 Å². The Morgan fingerprint density at radius 1 is 1.16 bits per heavy atom. The Morgan fingerprint density at radius 2 is 1.79 bits per heavy atom. The minimum Gasteiger partial charge on any atom is -0.308 e. The maximum atomic E-state index is 12.3. The molecule has 4 nitrogen and oxygen atoms in total. The lowest BCUT2D eigenvalue weighted by Gasteiger charge is -2.19. The lowest BCUT2D eigenvalue weighted by Crippen LogP contribution is -2.33. The molecule has 0 aliphatic carbocycles. The van der Waals surface area contributed by atoms with Crippen LogP contribution in [0.1, 0.15) is 5.56 Å². The van der Waals surface area contributed by atoms with Crippen LogP contribution in [0.2, 0.25) is 5.02 Å². The largest absolute Gasteiger partial charge is 0.308 e. The van der Waals surface area contributed by atoms with E-state index in [0.29, 0.717) is 18.1 Å². The topological polar surface area (TPSA) is 40.6 Å². The first kappa shape index (κ1) is 16.7. The van der Waals surface area contributed by atoms with E-state index in [9.17, 15) is 8.42 Å². The van der Waals surface area contributed by atoms with E-state index in [-0.39, 0.29) is 10.8 Å². The highest BCUT2D eigenvalue weighted by atomic mass is 35.5. The molecule has 0 fully saturated rings. The molecule has 7 heteroatoms. The monoisotopic (exact) mass is 324 g/mol. The van der Waals surface area contributed by atoms with Crippen LogP contribution in [0.15, 0.2) is 23.1 Å². The van der Waals surface area contributed by atoms with Crippen molar-refractivity contribution in [1.82, 2.24) is 9.21 Å². The summed E-state index contributed by atoms with van der Waals surface area (Å²) in [5.41, 5.74) is 0.721. The van der Waals surface area contributed by atoms with Crippen LogP contribution in [0.3, 0.4) is 0 Å². The first-order valence-electron chi connectivity index (χ1n) is 5.74. The first-order valence-corrected chi connectivity index (χ1v) is 8.09. The third-order valence-corrected chi connectivity index (χ3v) is 5.23. The average molecular weight is 325 g/mol. The molecule has 0 spiro atoms. The van der Waals surface area contributed by atoms with Gasteiger partial charge >= 0.3 is 0 Å². The Hall–Kier alpha value is -0.330. The van der Waals surface area contributed by atoms with E-state index in [1.54, 1.807) is 13.1 Å². The molecular weight excluding hydrogens is 307 g/mol. The lowest BCUT2D eigenvalue weighted by atomic mass is 10.2. The molecule has 0 aromatic heterocycles. The molecule has 0 saturated heterocycles. The van der Waals surface area contributed by atoms with Gasteiger partial charge in [-0.3, -0.25) is 0 Å². The number of benzene rings is 1. The predicted octanol–water partition coefficient (Wildman–Crippen LogP) is 2.26. The van der Waals surface area contributed by atoms with Crippen molar-refractivity contribution in [1.29, 1.82) is 0 Å². The van der Waals surface area contributed by atoms with Gasteiger partial charge in [-0.1, -0.05) is 17.7 Å². The van der Waals surface area contributed by atoms with E-state index in [1.807, 2.05) is 19.0 Å². The smallest absolute Gasteiger partial charge is 0.242 e. The summed E-state index contributed by atoms with van der Waals surface area (Å²) in [7, 11) is 1.85. The third-order valence-electron chi connectivity index (χ3n) is 2.74. The van der Waals surface area contributed by atoms with Gasteiger partial charge in [-0.2, -0.15) is 4.31 Å². The highest BCUT2D eigenvalue weighted by Gasteiger charge is 2.21. The summed E-state index contributed by atoms with van der Waals surface area (Å²) >= 11 is 11.7. The van der Waals surface area contributed by atoms with Crippen LogP contribution in [0.4, 0.5) is 0 Å². The van der Waals surface area contributed by atoms with Gasteiger partial charge < -0.3 is 4.90 Å². The molecule has 19 heavy (non-hydrogen) atoms. The molecule has 1 rings (SSSR count). The fraction of sp³-hybridized carbons (Fsp3) is 0.500. The molecule has 0 saturated carbocycles. The van der Waals surface area contributed by atoms with Gasteiger partial charge in [0.1, 0.15) is 0 Å². The fourth-order valence-corrected chi connectivity index (χ4v) is 3.24. The highest BCUT2D eigenvalue weighted by molar-refractivity contribution is 7.89. The molecule has 0 N–H and O–H groups in total. The van der Waals surface area contributed by atoms with Crippen LogP contribution in [-0.4, -0.2) is 51.9 Å². The van der Waals surface area contributed by atoms with Gasteiger partial charge in [0, 0.05) is 31.0 Å². The van der Waals surface area contributed by atoms with E-state index in [0.717, 1.165) is 5.56 Å². The normalized spacial score (nSPS) is 12.4. The molecule has 0 bridgehead atoms. The SMILES string of the molecule is CN(C)CCN(C)S(=O)(=O)c1ccc(CCl)c(Cl)c1. The van der Waals surface area contributed by atoms with E-state index in [2.05, 4.69) is 0 Å². The zero-order chi connectivity index (χ0) is 14.6. The van der Waals surface area contributed by atoms with Crippen LogP contribution in [0.5, 0.6) is 0 Å². The number of likely N-dealkylation sites (N-methyl/N-ethyl adjacent to an activating group) is 2. The van der Waals surface area contributed by atoms with Crippen molar-refractivity contribution < 1.29 is 8.42 Å². The van der Waals surface area contributed by atoms with Crippen molar-refractivity contribution in [3.63, 3.8) is 0 Å². The average Bonchev–Trinajstić information content (AvgIpc) is 2.35. The number of halogens is 2. The van der Waals surface area contributed by atoms with E-state index >= 15 is 0 Å². The van der Waals surface area contributed by atoms with Crippen LogP contribution in [0, 0.1) is 0 Å². The summed E-state index contributed by atoms with van der Waals surface area (Å²) in [6, 6.07) is 4.62. The molecule has 108 valence electrons. The van der Waals surface area contributed by atoms with Crippen molar-refractivity contribution in [3.05, 3.63) is 28.8 Å². The van der Waals surface area contributed by atoms with Gasteiger partial charge in [0.05, 0.1) is 4.90 Å². The minimum absolute atomic E-state index is 0.188. The van der Waals surface area contributed by atoms with Gasteiger partial charge in [0.25, 0.3) is 0 Å². The molecule has 0 unspecified atom stereocenters. The number of nitrogens with zero attached hydrogens (tertiary/aromatic N) is 2. The molecule has 1 aromatic rings. The molecule has 0 amide bonds. The number of hydrogen-bond donors (Lipinski definition) is 0.